The van der Waals surface area contributed by atoms with Gasteiger partial charge in [0.2, 0.25) is 0 Å². The molecule has 0 aromatic heterocycles. The Morgan fingerprint density at radius 1 is 1.50 bits per heavy atom. The lowest BCUT2D eigenvalue weighted by Gasteiger charge is -2.15. The van der Waals surface area contributed by atoms with Gasteiger partial charge in [0.1, 0.15) is 0 Å². The molecule has 0 heterocycles. The van der Waals surface area contributed by atoms with Gasteiger partial charge in [0.15, 0.2) is 0 Å². The van der Waals surface area contributed by atoms with Crippen LogP contribution < -0.4 is 0 Å². The first-order valence-corrected chi connectivity index (χ1v) is 7.46. The Morgan fingerprint density at radius 2 is 2.32 bits per heavy atom. The monoisotopic (exact) mass is 291 g/mol. The Hall–Kier alpha value is -2.60. The number of esters is 1. The van der Waals surface area contributed by atoms with E-state index in [2.05, 4.69) is 18.2 Å². The fraction of sp³-hybridized carbons (Fsp3) is 0.263. The Kier molecular flexibility index (Phi) is 3.68. The third-order valence-electron chi connectivity index (χ3n) is 4.13. The molecule has 22 heavy (non-hydrogen) atoms. The van der Waals surface area contributed by atoms with Crippen LogP contribution in [-0.2, 0) is 4.74 Å². The zero-order valence-corrected chi connectivity index (χ0v) is 12.7. The van der Waals surface area contributed by atoms with Crippen molar-refractivity contribution in [1.29, 1.82) is 5.26 Å². The lowest BCUT2D eigenvalue weighted by Crippen LogP contribution is -2.09. The number of nitrogens with zero attached hydrogens (tertiary/aromatic N) is 1. The molecule has 0 spiro atoms. The molecule has 3 heteroatoms. The van der Waals surface area contributed by atoms with Gasteiger partial charge in [-0.2, -0.15) is 5.26 Å². The minimum absolute atomic E-state index is 0.162. The predicted octanol–water partition coefficient (Wildman–Crippen LogP) is 4.05. The van der Waals surface area contributed by atoms with Crippen LogP contribution in [0.4, 0.5) is 0 Å². The van der Waals surface area contributed by atoms with Crippen molar-refractivity contribution in [2.24, 2.45) is 5.92 Å². The van der Waals surface area contributed by atoms with Crippen LogP contribution in [0.3, 0.4) is 0 Å². The summed E-state index contributed by atoms with van der Waals surface area (Å²) in [6.07, 6.45) is 8.62. The van der Waals surface area contributed by atoms with E-state index in [9.17, 15) is 4.79 Å². The Labute approximate surface area is 130 Å². The Balaban J connectivity index is 2.27. The second-order valence-electron chi connectivity index (χ2n) is 5.52. The summed E-state index contributed by atoms with van der Waals surface area (Å²) in [6.45, 7) is 4.12. The van der Waals surface area contributed by atoms with Gasteiger partial charge in [0.25, 0.3) is 0 Å². The normalized spacial score (nSPS) is 20.1. The van der Waals surface area contributed by atoms with Crippen LogP contribution in [0.25, 0.3) is 11.1 Å². The molecule has 3 rings (SSSR count). The maximum absolute atomic E-state index is 12.3. The first-order chi connectivity index (χ1) is 10.7. The van der Waals surface area contributed by atoms with Crippen LogP contribution in [0.15, 0.2) is 36.4 Å². The van der Waals surface area contributed by atoms with Gasteiger partial charge in [0, 0.05) is 17.6 Å². The minimum Gasteiger partial charge on any atom is -0.462 e. The van der Waals surface area contributed by atoms with Crippen LogP contribution in [0.5, 0.6) is 0 Å². The summed E-state index contributed by atoms with van der Waals surface area (Å²) in [5.41, 5.74) is 5.64. The van der Waals surface area contributed by atoms with Gasteiger partial charge in [-0.15, -0.1) is 0 Å². The molecule has 0 fully saturated rings. The van der Waals surface area contributed by atoms with E-state index >= 15 is 0 Å². The lowest BCUT2D eigenvalue weighted by molar-refractivity contribution is 0.0526. The first kappa shape index (κ1) is 14.3. The molecule has 2 aliphatic carbocycles. The maximum Gasteiger partial charge on any atom is 0.338 e. The highest BCUT2D eigenvalue weighted by molar-refractivity contribution is 6.05. The molecule has 0 amide bonds. The SMILES string of the molecule is CCOC(=O)c1cc(C)cc2c1C1=CC=CCC1/C2=C\C#N. The average molecular weight is 291 g/mol. The van der Waals surface area contributed by atoms with Crippen LogP contribution in [0.2, 0.25) is 0 Å². The number of hydrogen-bond donors (Lipinski definition) is 0. The van der Waals surface area contributed by atoms with Crippen LogP contribution in [-0.4, -0.2) is 12.6 Å². The van der Waals surface area contributed by atoms with Gasteiger partial charge in [-0.3, -0.25) is 0 Å². The maximum atomic E-state index is 12.3. The van der Waals surface area contributed by atoms with Gasteiger partial charge in [-0.1, -0.05) is 24.3 Å². The van der Waals surface area contributed by atoms with Crippen LogP contribution >= 0.6 is 0 Å². The van der Waals surface area contributed by atoms with Crippen molar-refractivity contribution in [3.63, 3.8) is 0 Å². The molecule has 110 valence electrons. The van der Waals surface area contributed by atoms with Crippen molar-refractivity contribution in [2.45, 2.75) is 20.3 Å². The van der Waals surface area contributed by atoms with Crippen LogP contribution in [0, 0.1) is 24.2 Å². The standard InChI is InChI=1S/C19H17NO2/c1-3-22-19(21)17-11-12(2)10-16-14(8-9-20)13-6-4-5-7-15(13)18(16)17/h4-5,7-8,10-11,13H,3,6H2,1-2H3/b14-8+. The number of allylic oxidation sites excluding steroid dienone is 6. The highest BCUT2D eigenvalue weighted by atomic mass is 16.5. The lowest BCUT2D eigenvalue weighted by atomic mass is 9.89. The second-order valence-corrected chi connectivity index (χ2v) is 5.52. The van der Waals surface area contributed by atoms with E-state index in [-0.39, 0.29) is 11.9 Å². The van der Waals surface area contributed by atoms with E-state index in [0.717, 1.165) is 34.3 Å². The van der Waals surface area contributed by atoms with Gasteiger partial charge in [-0.25, -0.2) is 4.79 Å². The molecule has 0 saturated carbocycles. The smallest absolute Gasteiger partial charge is 0.338 e. The molecule has 1 unspecified atom stereocenters. The Morgan fingerprint density at radius 3 is 3.05 bits per heavy atom. The molecule has 1 aromatic rings. The van der Waals surface area contributed by atoms with Gasteiger partial charge in [0.05, 0.1) is 18.2 Å². The third kappa shape index (κ3) is 2.17. The van der Waals surface area contributed by atoms with Crippen molar-refractivity contribution in [3.8, 4) is 6.07 Å². The molecule has 0 bridgehead atoms. The highest BCUT2D eigenvalue weighted by Crippen LogP contribution is 2.50. The van der Waals surface area contributed by atoms with E-state index in [4.69, 9.17) is 10.00 Å². The molecule has 2 aliphatic rings. The van der Waals surface area contributed by atoms with Crippen LogP contribution in [0.1, 0.15) is 40.4 Å². The molecule has 1 atom stereocenters. The molecule has 0 radical (unpaired) electrons. The molecule has 3 nitrogen and oxygen atoms in total. The van der Waals surface area contributed by atoms with E-state index in [0.29, 0.717) is 12.2 Å². The van der Waals surface area contributed by atoms with E-state index in [1.54, 1.807) is 13.0 Å². The van der Waals surface area contributed by atoms with Crippen molar-refractivity contribution in [1.82, 2.24) is 0 Å². The second kappa shape index (κ2) is 5.65. The Bertz CT molecular complexity index is 775. The summed E-state index contributed by atoms with van der Waals surface area (Å²) in [5.74, 6) is -0.135. The van der Waals surface area contributed by atoms with Crippen molar-refractivity contribution in [2.75, 3.05) is 6.61 Å². The fourth-order valence-electron chi connectivity index (χ4n) is 3.31. The molecule has 0 N–H and O–H groups in total. The minimum atomic E-state index is -0.296. The molecule has 0 saturated heterocycles. The zero-order valence-electron chi connectivity index (χ0n) is 12.7. The molecular formula is C19H17NO2. The average Bonchev–Trinajstić information content (AvgIpc) is 2.81. The van der Waals surface area contributed by atoms with Crippen molar-refractivity contribution >= 4 is 17.1 Å². The number of carbonyl (C=O) groups is 1. The summed E-state index contributed by atoms with van der Waals surface area (Å²) < 4.78 is 5.21. The predicted molar refractivity (Wildman–Crippen MR) is 85.9 cm³/mol. The number of aryl methyl sites for hydroxylation is 1. The summed E-state index contributed by atoms with van der Waals surface area (Å²) in [6, 6.07) is 6.08. The number of ether oxygens (including phenoxy) is 1. The highest BCUT2D eigenvalue weighted by Gasteiger charge is 2.35. The third-order valence-corrected chi connectivity index (χ3v) is 4.13. The summed E-state index contributed by atoms with van der Waals surface area (Å²) in [4.78, 5) is 12.3. The number of carbonyl (C=O) groups excluding carboxylic acids is 1. The summed E-state index contributed by atoms with van der Waals surface area (Å²) >= 11 is 0. The molecule has 0 aliphatic heterocycles. The number of fused-ring (bicyclic) bond motifs is 3. The van der Waals surface area contributed by atoms with E-state index in [1.807, 2.05) is 25.1 Å². The topological polar surface area (TPSA) is 50.1 Å². The zero-order chi connectivity index (χ0) is 15.7. The first-order valence-electron chi connectivity index (χ1n) is 7.46. The largest absolute Gasteiger partial charge is 0.462 e. The molecular weight excluding hydrogens is 274 g/mol. The summed E-state index contributed by atoms with van der Waals surface area (Å²) in [5, 5.41) is 9.12. The number of rotatable bonds is 2. The van der Waals surface area contributed by atoms with Gasteiger partial charge in [-0.05, 0) is 48.6 Å². The number of nitriles is 1. The van der Waals surface area contributed by atoms with Gasteiger partial charge >= 0.3 is 5.97 Å². The van der Waals surface area contributed by atoms with E-state index in [1.165, 1.54) is 0 Å². The van der Waals surface area contributed by atoms with Gasteiger partial charge < -0.3 is 4.74 Å². The summed E-state index contributed by atoms with van der Waals surface area (Å²) in [7, 11) is 0. The number of hydrogen-bond acceptors (Lipinski definition) is 3. The van der Waals surface area contributed by atoms with E-state index < -0.39 is 0 Å². The molecule has 1 aromatic carbocycles. The van der Waals surface area contributed by atoms with Crippen molar-refractivity contribution < 1.29 is 9.53 Å². The number of benzene rings is 1. The quantitative estimate of drug-likeness (QED) is 0.610. The fourth-order valence-corrected chi connectivity index (χ4v) is 3.31. The van der Waals surface area contributed by atoms with Crippen molar-refractivity contribution in [3.05, 3.63) is 58.7 Å².